The lowest BCUT2D eigenvalue weighted by molar-refractivity contribution is 0.319. The van der Waals surface area contributed by atoms with Gasteiger partial charge in [-0.2, -0.15) is 0 Å². The van der Waals surface area contributed by atoms with Gasteiger partial charge in [-0.25, -0.2) is 0 Å². The standard InChI is InChI=1S/C14H24N2/c1-4-13-7-9-14(10-8-13)15-16-11(2)5-6-12(16)3/h5-6,13-15H,4,7-10H2,1-3H3. The lowest BCUT2D eigenvalue weighted by Crippen LogP contribution is -2.32. The monoisotopic (exact) mass is 220 g/mol. The Morgan fingerprint density at radius 2 is 1.69 bits per heavy atom. The van der Waals surface area contributed by atoms with Crippen LogP contribution in [0.2, 0.25) is 0 Å². The van der Waals surface area contributed by atoms with Crippen LogP contribution in [0.5, 0.6) is 0 Å². The van der Waals surface area contributed by atoms with Crippen LogP contribution in [0.25, 0.3) is 0 Å². The summed E-state index contributed by atoms with van der Waals surface area (Å²) in [7, 11) is 0. The van der Waals surface area contributed by atoms with Crippen molar-refractivity contribution < 1.29 is 0 Å². The highest BCUT2D eigenvalue weighted by Crippen LogP contribution is 2.27. The van der Waals surface area contributed by atoms with Crippen LogP contribution in [0.1, 0.15) is 50.4 Å². The summed E-state index contributed by atoms with van der Waals surface area (Å²) >= 11 is 0. The number of hydrogen-bond donors (Lipinski definition) is 1. The van der Waals surface area contributed by atoms with Crippen LogP contribution in [0.3, 0.4) is 0 Å². The Kier molecular flexibility index (Phi) is 3.57. The molecule has 0 bridgehead atoms. The first-order chi connectivity index (χ1) is 7.70. The normalized spacial score (nSPS) is 25.7. The lowest BCUT2D eigenvalue weighted by Gasteiger charge is -2.30. The molecule has 0 atom stereocenters. The van der Waals surface area contributed by atoms with Crippen molar-refractivity contribution in [1.82, 2.24) is 4.68 Å². The van der Waals surface area contributed by atoms with Crippen LogP contribution in [0, 0.1) is 19.8 Å². The van der Waals surface area contributed by atoms with Gasteiger partial charge in [0.2, 0.25) is 0 Å². The summed E-state index contributed by atoms with van der Waals surface area (Å²) in [6.45, 7) is 6.65. The summed E-state index contributed by atoms with van der Waals surface area (Å²) in [6.07, 6.45) is 6.81. The van der Waals surface area contributed by atoms with Gasteiger partial charge in [-0.15, -0.1) is 0 Å². The predicted octanol–water partition coefficient (Wildman–Crippen LogP) is 3.62. The second-order valence-corrected chi connectivity index (χ2v) is 5.21. The van der Waals surface area contributed by atoms with Crippen molar-refractivity contribution >= 4 is 0 Å². The molecule has 1 aromatic heterocycles. The van der Waals surface area contributed by atoms with E-state index < -0.39 is 0 Å². The third-order valence-corrected chi connectivity index (χ3v) is 4.01. The van der Waals surface area contributed by atoms with Gasteiger partial charge in [0.1, 0.15) is 0 Å². The molecule has 1 aliphatic rings. The molecule has 0 aliphatic heterocycles. The minimum Gasteiger partial charge on any atom is -0.323 e. The zero-order valence-corrected chi connectivity index (χ0v) is 10.8. The second kappa shape index (κ2) is 4.94. The first-order valence-corrected chi connectivity index (χ1v) is 6.62. The van der Waals surface area contributed by atoms with E-state index in [0.29, 0.717) is 6.04 Å². The van der Waals surface area contributed by atoms with Gasteiger partial charge in [0.05, 0.1) is 0 Å². The van der Waals surface area contributed by atoms with Crippen LogP contribution in [0.15, 0.2) is 12.1 Å². The molecular formula is C14H24N2. The maximum atomic E-state index is 3.66. The Morgan fingerprint density at radius 1 is 1.12 bits per heavy atom. The molecule has 0 amide bonds. The topological polar surface area (TPSA) is 17.0 Å². The summed E-state index contributed by atoms with van der Waals surface area (Å²) < 4.78 is 2.25. The van der Waals surface area contributed by atoms with Gasteiger partial charge in [-0.1, -0.05) is 13.3 Å². The molecule has 16 heavy (non-hydrogen) atoms. The Hall–Kier alpha value is -0.920. The molecule has 0 aromatic carbocycles. The summed E-state index contributed by atoms with van der Waals surface area (Å²) in [5.74, 6) is 0.977. The molecule has 1 fully saturated rings. The summed E-state index contributed by atoms with van der Waals surface area (Å²) in [5, 5.41) is 0. The van der Waals surface area contributed by atoms with Crippen molar-refractivity contribution in [2.45, 2.75) is 58.9 Å². The molecule has 2 nitrogen and oxygen atoms in total. The van der Waals surface area contributed by atoms with E-state index in [2.05, 4.69) is 43.0 Å². The number of hydrogen-bond acceptors (Lipinski definition) is 1. The average molecular weight is 220 g/mol. The quantitative estimate of drug-likeness (QED) is 0.823. The van der Waals surface area contributed by atoms with Crippen LogP contribution in [0.4, 0.5) is 0 Å². The number of aromatic nitrogens is 1. The third-order valence-electron chi connectivity index (χ3n) is 4.01. The second-order valence-electron chi connectivity index (χ2n) is 5.21. The number of aryl methyl sites for hydroxylation is 2. The smallest absolute Gasteiger partial charge is 0.0424 e. The van der Waals surface area contributed by atoms with Gasteiger partial charge in [-0.3, -0.25) is 4.68 Å². The lowest BCUT2D eigenvalue weighted by atomic mass is 9.85. The van der Waals surface area contributed by atoms with E-state index in [0.717, 1.165) is 5.92 Å². The predicted molar refractivity (Wildman–Crippen MR) is 69.3 cm³/mol. The Balaban J connectivity index is 1.92. The molecule has 0 unspecified atom stereocenters. The van der Waals surface area contributed by atoms with Crippen molar-refractivity contribution in [3.8, 4) is 0 Å². The fraction of sp³-hybridized carbons (Fsp3) is 0.714. The van der Waals surface area contributed by atoms with E-state index in [4.69, 9.17) is 0 Å². The maximum Gasteiger partial charge on any atom is 0.0424 e. The van der Waals surface area contributed by atoms with Gasteiger partial charge in [0.25, 0.3) is 0 Å². The van der Waals surface area contributed by atoms with E-state index in [1.807, 2.05) is 0 Å². The summed E-state index contributed by atoms with van der Waals surface area (Å²) in [5.41, 5.74) is 6.29. The highest BCUT2D eigenvalue weighted by Gasteiger charge is 2.20. The van der Waals surface area contributed by atoms with E-state index in [9.17, 15) is 0 Å². The van der Waals surface area contributed by atoms with Crippen molar-refractivity contribution in [1.29, 1.82) is 0 Å². The molecule has 1 aliphatic carbocycles. The first kappa shape index (κ1) is 11.6. The zero-order chi connectivity index (χ0) is 11.5. The van der Waals surface area contributed by atoms with E-state index in [-0.39, 0.29) is 0 Å². The van der Waals surface area contributed by atoms with Crippen molar-refractivity contribution in [3.05, 3.63) is 23.5 Å². The summed E-state index contributed by atoms with van der Waals surface area (Å²) in [4.78, 5) is 0. The highest BCUT2D eigenvalue weighted by atomic mass is 15.4. The van der Waals surface area contributed by atoms with Crippen molar-refractivity contribution in [3.63, 3.8) is 0 Å². The van der Waals surface area contributed by atoms with Gasteiger partial charge in [0.15, 0.2) is 0 Å². The fourth-order valence-electron chi connectivity index (χ4n) is 2.75. The molecule has 0 radical (unpaired) electrons. The van der Waals surface area contributed by atoms with E-state index in [1.54, 1.807) is 0 Å². The first-order valence-electron chi connectivity index (χ1n) is 6.62. The van der Waals surface area contributed by atoms with Crippen LogP contribution < -0.4 is 5.43 Å². The third kappa shape index (κ3) is 2.42. The van der Waals surface area contributed by atoms with E-state index in [1.165, 1.54) is 43.5 Å². The van der Waals surface area contributed by atoms with Crippen molar-refractivity contribution in [2.75, 3.05) is 5.43 Å². The van der Waals surface area contributed by atoms with Gasteiger partial charge in [0, 0.05) is 17.4 Å². The maximum absolute atomic E-state index is 3.66. The van der Waals surface area contributed by atoms with E-state index >= 15 is 0 Å². The van der Waals surface area contributed by atoms with Crippen molar-refractivity contribution in [2.24, 2.45) is 5.92 Å². The van der Waals surface area contributed by atoms with Crippen LogP contribution >= 0.6 is 0 Å². The molecule has 2 rings (SSSR count). The molecule has 0 spiro atoms. The number of nitrogens with zero attached hydrogens (tertiary/aromatic N) is 1. The molecule has 90 valence electrons. The average Bonchev–Trinajstić information content (AvgIpc) is 2.62. The summed E-state index contributed by atoms with van der Waals surface area (Å²) in [6, 6.07) is 5.03. The fourth-order valence-corrected chi connectivity index (χ4v) is 2.75. The van der Waals surface area contributed by atoms with Gasteiger partial charge in [-0.05, 0) is 57.6 Å². The Labute approximate surface area is 99.0 Å². The minimum absolute atomic E-state index is 0.674. The van der Waals surface area contributed by atoms with Crippen LogP contribution in [-0.4, -0.2) is 10.7 Å². The highest BCUT2D eigenvalue weighted by molar-refractivity contribution is 5.16. The SMILES string of the molecule is CCC1CCC(Nn2c(C)ccc2C)CC1. The Morgan fingerprint density at radius 3 is 2.19 bits per heavy atom. The number of nitrogens with one attached hydrogen (secondary N) is 1. The number of rotatable bonds is 3. The zero-order valence-electron chi connectivity index (χ0n) is 10.8. The molecule has 0 saturated heterocycles. The largest absolute Gasteiger partial charge is 0.323 e. The Bertz CT molecular complexity index is 313. The molecule has 1 heterocycles. The van der Waals surface area contributed by atoms with Gasteiger partial charge >= 0.3 is 0 Å². The van der Waals surface area contributed by atoms with Crippen LogP contribution in [-0.2, 0) is 0 Å². The molecule has 1 N–H and O–H groups in total. The molecule has 1 aromatic rings. The minimum atomic E-state index is 0.674. The van der Waals surface area contributed by atoms with Gasteiger partial charge < -0.3 is 5.43 Å². The molecule has 2 heteroatoms. The molecular weight excluding hydrogens is 196 g/mol. The molecule has 1 saturated carbocycles.